The molecule has 5 rings (SSSR count). The van der Waals surface area contributed by atoms with Crippen LogP contribution < -0.4 is 0 Å². The first-order chi connectivity index (χ1) is 11.6. The van der Waals surface area contributed by atoms with Crippen LogP contribution in [0.4, 0.5) is 0 Å². The second-order valence-corrected chi connectivity index (χ2v) is 7.16. The third-order valence-corrected chi connectivity index (χ3v) is 5.47. The van der Waals surface area contributed by atoms with E-state index in [0.29, 0.717) is 0 Å². The van der Waals surface area contributed by atoms with E-state index in [9.17, 15) is 0 Å². The number of aryl methyl sites for hydroxylation is 1. The Morgan fingerprint density at radius 3 is 2.54 bits per heavy atom. The molecule has 2 aromatic heterocycles. The van der Waals surface area contributed by atoms with E-state index in [0.717, 1.165) is 16.7 Å². The fourth-order valence-electron chi connectivity index (χ4n) is 4.40. The molecule has 0 saturated carbocycles. The number of hydrogen-bond donors (Lipinski definition) is 0. The van der Waals surface area contributed by atoms with Crippen molar-refractivity contribution >= 4 is 21.8 Å². The molecular formula is C22H18N2. The van der Waals surface area contributed by atoms with Crippen LogP contribution in [0.3, 0.4) is 0 Å². The number of benzene rings is 2. The van der Waals surface area contributed by atoms with Crippen molar-refractivity contribution in [2.45, 2.75) is 26.2 Å². The lowest BCUT2D eigenvalue weighted by atomic mass is 9.68. The Hall–Kier alpha value is -2.74. The van der Waals surface area contributed by atoms with E-state index in [1.807, 2.05) is 6.20 Å². The van der Waals surface area contributed by atoms with Crippen molar-refractivity contribution < 1.29 is 0 Å². The number of hydrogen-bond acceptors (Lipinski definition) is 2. The summed E-state index contributed by atoms with van der Waals surface area (Å²) in [6, 6.07) is 17.0. The monoisotopic (exact) mass is 310 g/mol. The van der Waals surface area contributed by atoms with E-state index in [4.69, 9.17) is 4.98 Å². The third kappa shape index (κ3) is 1.56. The molecule has 0 spiro atoms. The maximum Gasteiger partial charge on any atom is 0.0760 e. The Morgan fingerprint density at radius 2 is 1.67 bits per heavy atom. The van der Waals surface area contributed by atoms with Gasteiger partial charge in [0.2, 0.25) is 0 Å². The molecule has 0 saturated heterocycles. The van der Waals surface area contributed by atoms with Crippen LogP contribution in [0.5, 0.6) is 0 Å². The maximum atomic E-state index is 5.07. The van der Waals surface area contributed by atoms with Gasteiger partial charge in [-0.1, -0.05) is 44.2 Å². The predicted octanol–water partition coefficient (Wildman–Crippen LogP) is 5.40. The minimum Gasteiger partial charge on any atom is -0.256 e. The molecule has 24 heavy (non-hydrogen) atoms. The fraction of sp³-hybridized carbons (Fsp3) is 0.182. The zero-order valence-electron chi connectivity index (χ0n) is 14.1. The zero-order valence-corrected chi connectivity index (χ0v) is 14.1. The number of para-hydroxylation sites is 1. The van der Waals surface area contributed by atoms with Crippen LogP contribution in [0.2, 0.25) is 0 Å². The highest BCUT2D eigenvalue weighted by Gasteiger charge is 2.36. The number of fused-ring (bicyclic) bond motifs is 3. The molecule has 0 amide bonds. The number of pyridine rings is 2. The lowest BCUT2D eigenvalue weighted by Crippen LogP contribution is -2.26. The van der Waals surface area contributed by atoms with Crippen LogP contribution >= 0.6 is 0 Å². The number of nitrogens with zero attached hydrogens (tertiary/aromatic N) is 2. The Balaban J connectivity index is 2.06. The van der Waals surface area contributed by atoms with Gasteiger partial charge < -0.3 is 0 Å². The van der Waals surface area contributed by atoms with Gasteiger partial charge in [-0.15, -0.1) is 0 Å². The summed E-state index contributed by atoms with van der Waals surface area (Å²) < 4.78 is 0. The molecule has 0 bridgehead atoms. The quantitative estimate of drug-likeness (QED) is 0.435. The Morgan fingerprint density at radius 1 is 0.875 bits per heavy atom. The zero-order chi connectivity index (χ0) is 16.5. The van der Waals surface area contributed by atoms with E-state index in [1.165, 1.54) is 33.0 Å². The second-order valence-electron chi connectivity index (χ2n) is 7.16. The molecule has 0 atom stereocenters. The summed E-state index contributed by atoms with van der Waals surface area (Å²) >= 11 is 0. The van der Waals surface area contributed by atoms with Gasteiger partial charge in [-0.25, -0.2) is 4.98 Å². The van der Waals surface area contributed by atoms with Crippen molar-refractivity contribution in [3.05, 3.63) is 71.4 Å². The molecule has 2 nitrogen and oxygen atoms in total. The first kappa shape index (κ1) is 13.7. The van der Waals surface area contributed by atoms with Crippen molar-refractivity contribution in [1.29, 1.82) is 0 Å². The number of rotatable bonds is 0. The smallest absolute Gasteiger partial charge is 0.0760 e. The van der Waals surface area contributed by atoms with E-state index >= 15 is 0 Å². The summed E-state index contributed by atoms with van der Waals surface area (Å²) in [7, 11) is 0. The summed E-state index contributed by atoms with van der Waals surface area (Å²) in [6.07, 6.45) is 1.90. The molecule has 0 fully saturated rings. The molecule has 0 aliphatic heterocycles. The van der Waals surface area contributed by atoms with Crippen LogP contribution in [-0.4, -0.2) is 9.97 Å². The average molecular weight is 310 g/mol. The first-order valence-corrected chi connectivity index (χ1v) is 8.37. The van der Waals surface area contributed by atoms with Crippen LogP contribution in [-0.2, 0) is 5.41 Å². The predicted molar refractivity (Wildman–Crippen MR) is 99.3 cm³/mol. The number of aromatic nitrogens is 2. The maximum absolute atomic E-state index is 5.07. The van der Waals surface area contributed by atoms with Crippen LogP contribution in [0.15, 0.2) is 54.7 Å². The van der Waals surface area contributed by atoms with Crippen molar-refractivity contribution in [2.24, 2.45) is 0 Å². The van der Waals surface area contributed by atoms with Gasteiger partial charge >= 0.3 is 0 Å². The molecule has 2 heteroatoms. The van der Waals surface area contributed by atoms with Crippen molar-refractivity contribution in [2.75, 3.05) is 0 Å². The first-order valence-electron chi connectivity index (χ1n) is 8.37. The third-order valence-electron chi connectivity index (χ3n) is 5.47. The van der Waals surface area contributed by atoms with E-state index < -0.39 is 0 Å². The Bertz CT molecular complexity index is 1130. The largest absolute Gasteiger partial charge is 0.256 e. The highest BCUT2D eigenvalue weighted by molar-refractivity contribution is 6.02. The van der Waals surface area contributed by atoms with Crippen molar-refractivity contribution in [1.82, 2.24) is 9.97 Å². The minimum atomic E-state index is -0.0913. The molecule has 0 radical (unpaired) electrons. The lowest BCUT2D eigenvalue weighted by molar-refractivity contribution is 0.638. The fourth-order valence-corrected chi connectivity index (χ4v) is 4.40. The van der Waals surface area contributed by atoms with Gasteiger partial charge in [0.05, 0.1) is 16.7 Å². The van der Waals surface area contributed by atoms with Gasteiger partial charge in [-0.05, 0) is 41.8 Å². The summed E-state index contributed by atoms with van der Waals surface area (Å²) in [4.78, 5) is 9.65. The highest BCUT2D eigenvalue weighted by Crippen LogP contribution is 2.49. The van der Waals surface area contributed by atoms with Gasteiger partial charge in [0.1, 0.15) is 0 Å². The molecular weight excluding hydrogens is 292 g/mol. The lowest BCUT2D eigenvalue weighted by Gasteiger charge is -2.35. The molecule has 2 heterocycles. The molecule has 4 aromatic rings. The summed E-state index contributed by atoms with van der Waals surface area (Å²) in [5.74, 6) is 0. The van der Waals surface area contributed by atoms with Crippen LogP contribution in [0, 0.1) is 6.92 Å². The Labute approximate surface area is 141 Å². The minimum absolute atomic E-state index is 0.0913. The normalized spacial score (nSPS) is 14.8. The second kappa shape index (κ2) is 4.41. The van der Waals surface area contributed by atoms with E-state index in [2.05, 4.69) is 74.3 Å². The molecule has 0 unspecified atom stereocenters. The van der Waals surface area contributed by atoms with Crippen LogP contribution in [0.1, 0.15) is 30.5 Å². The molecule has 0 N–H and O–H groups in total. The summed E-state index contributed by atoms with van der Waals surface area (Å²) in [5, 5.41) is 2.49. The summed E-state index contributed by atoms with van der Waals surface area (Å²) in [6.45, 7) is 6.84. The molecule has 2 aromatic carbocycles. The molecule has 1 aliphatic rings. The standard InChI is InChI=1S/C22H18N2/c1-13-14-7-4-5-9-17(14)24-21-15-11-12-23-18-10-6-8-16(19(15)18)22(2,3)20(13)21/h4-12H,1-3H3. The van der Waals surface area contributed by atoms with Gasteiger partial charge in [-0.2, -0.15) is 0 Å². The molecule has 116 valence electrons. The highest BCUT2D eigenvalue weighted by atomic mass is 14.7. The average Bonchev–Trinajstić information content (AvgIpc) is 2.59. The molecule has 1 aliphatic carbocycles. The SMILES string of the molecule is Cc1c2c(nc3ccccc13)-c1ccnc3cccc(c13)C2(C)C. The van der Waals surface area contributed by atoms with Crippen molar-refractivity contribution in [3.63, 3.8) is 0 Å². The Kier molecular flexibility index (Phi) is 2.52. The van der Waals surface area contributed by atoms with E-state index in [1.54, 1.807) is 0 Å². The topological polar surface area (TPSA) is 25.8 Å². The van der Waals surface area contributed by atoms with Gasteiger partial charge in [0, 0.05) is 27.9 Å². The van der Waals surface area contributed by atoms with Crippen molar-refractivity contribution in [3.8, 4) is 11.3 Å². The van der Waals surface area contributed by atoms with Gasteiger partial charge in [-0.3, -0.25) is 4.98 Å². The van der Waals surface area contributed by atoms with Crippen LogP contribution in [0.25, 0.3) is 33.1 Å². The van der Waals surface area contributed by atoms with Gasteiger partial charge in [0.15, 0.2) is 0 Å². The van der Waals surface area contributed by atoms with Gasteiger partial charge in [0.25, 0.3) is 0 Å². The summed E-state index contributed by atoms with van der Waals surface area (Å²) in [5.41, 5.74) is 8.36. The van der Waals surface area contributed by atoms with E-state index in [-0.39, 0.29) is 5.41 Å².